The molecule has 0 saturated heterocycles. The van der Waals surface area contributed by atoms with Crippen molar-refractivity contribution in [3.8, 4) is 16.8 Å². The molecule has 0 aliphatic rings. The van der Waals surface area contributed by atoms with Gasteiger partial charge in [0.15, 0.2) is 0 Å². The first-order valence-electron chi connectivity index (χ1n) is 9.74. The number of carbonyl (C=O) groups is 1. The predicted octanol–water partition coefficient (Wildman–Crippen LogP) is 6.04. The number of aryl methyl sites for hydroxylation is 1. The number of nitrogens with zero attached hydrogens (tertiary/aromatic N) is 4. The van der Waals surface area contributed by atoms with Gasteiger partial charge in [0.05, 0.1) is 39.4 Å². The highest BCUT2D eigenvalue weighted by molar-refractivity contribution is 6.40. The van der Waals surface area contributed by atoms with Crippen molar-refractivity contribution in [2.24, 2.45) is 0 Å². The minimum absolute atomic E-state index is 0.376. The summed E-state index contributed by atoms with van der Waals surface area (Å²) in [4.78, 5) is 25.9. The number of benzene rings is 2. The molecule has 0 bridgehead atoms. The third-order valence-corrected chi connectivity index (χ3v) is 5.98. The Kier molecular flexibility index (Phi) is 5.04. The molecule has 0 fully saturated rings. The van der Waals surface area contributed by atoms with Crippen molar-refractivity contribution in [3.63, 3.8) is 0 Å². The van der Waals surface area contributed by atoms with Gasteiger partial charge in [0, 0.05) is 24.0 Å². The van der Waals surface area contributed by atoms with E-state index in [2.05, 4.69) is 9.97 Å². The smallest absolute Gasteiger partial charge is 0.340 e. The molecule has 3 aromatic heterocycles. The van der Waals surface area contributed by atoms with Crippen LogP contribution >= 0.6 is 23.2 Å². The summed E-state index contributed by atoms with van der Waals surface area (Å²) in [5.41, 5.74) is 4.76. The highest BCUT2D eigenvalue weighted by Crippen LogP contribution is 2.36. The van der Waals surface area contributed by atoms with Crippen molar-refractivity contribution in [2.75, 3.05) is 7.11 Å². The topological polar surface area (TPSA) is 69.9 Å². The van der Waals surface area contributed by atoms with Gasteiger partial charge in [0.25, 0.3) is 0 Å². The van der Waals surface area contributed by atoms with Gasteiger partial charge in [-0.3, -0.25) is 14.5 Å². The van der Waals surface area contributed by atoms with Crippen LogP contribution in [-0.4, -0.2) is 32.6 Å². The van der Waals surface area contributed by atoms with E-state index < -0.39 is 5.97 Å². The number of fused-ring (bicyclic) bond motifs is 2. The molecule has 0 spiro atoms. The number of methoxy groups -OCH3 is 1. The van der Waals surface area contributed by atoms with Gasteiger partial charge < -0.3 is 4.74 Å². The van der Waals surface area contributed by atoms with Gasteiger partial charge >= 0.3 is 5.97 Å². The summed E-state index contributed by atoms with van der Waals surface area (Å²) < 4.78 is 7.00. The number of aromatic nitrogens is 4. The first-order valence-corrected chi connectivity index (χ1v) is 10.5. The molecule has 5 aromatic rings. The Hall–Kier alpha value is -3.48. The van der Waals surface area contributed by atoms with Crippen molar-refractivity contribution < 1.29 is 9.53 Å². The largest absolute Gasteiger partial charge is 0.465 e. The molecule has 0 saturated carbocycles. The lowest BCUT2D eigenvalue weighted by atomic mass is 10.0. The average Bonchev–Trinajstić information content (AvgIpc) is 3.16. The molecular formula is C24H16Cl2N4O2. The van der Waals surface area contributed by atoms with E-state index >= 15 is 0 Å². The number of pyridine rings is 2. The molecule has 158 valence electrons. The quantitative estimate of drug-likeness (QED) is 0.305. The molecule has 5 rings (SSSR count). The maximum atomic E-state index is 12.6. The summed E-state index contributed by atoms with van der Waals surface area (Å²) in [6.45, 7) is 1.87. The molecular weight excluding hydrogens is 447 g/mol. The monoisotopic (exact) mass is 462 g/mol. The van der Waals surface area contributed by atoms with Crippen LogP contribution in [0.3, 0.4) is 0 Å². The fourth-order valence-corrected chi connectivity index (χ4v) is 4.39. The molecule has 0 radical (unpaired) electrons. The molecule has 0 atom stereocenters. The van der Waals surface area contributed by atoms with Gasteiger partial charge in [0.2, 0.25) is 0 Å². The number of hydrogen-bond acceptors (Lipinski definition) is 5. The van der Waals surface area contributed by atoms with Crippen LogP contribution < -0.4 is 0 Å². The number of hydrogen-bond donors (Lipinski definition) is 0. The molecule has 0 N–H and O–H groups in total. The molecule has 32 heavy (non-hydrogen) atoms. The second kappa shape index (κ2) is 7.89. The van der Waals surface area contributed by atoms with E-state index in [0.717, 1.165) is 22.3 Å². The molecule has 0 amide bonds. The predicted molar refractivity (Wildman–Crippen MR) is 126 cm³/mol. The SMILES string of the molecule is COC(=O)c1cc(-c2ccncc2)cc2c1nc(C)n2-c1ccnc2c(Cl)ccc(Cl)c12. The summed E-state index contributed by atoms with van der Waals surface area (Å²) in [5, 5.41) is 1.73. The van der Waals surface area contributed by atoms with Crippen molar-refractivity contribution in [1.29, 1.82) is 0 Å². The van der Waals surface area contributed by atoms with Crippen LogP contribution in [0.5, 0.6) is 0 Å². The van der Waals surface area contributed by atoms with E-state index in [4.69, 9.17) is 32.9 Å². The number of halogens is 2. The van der Waals surface area contributed by atoms with E-state index in [1.54, 1.807) is 36.8 Å². The highest BCUT2D eigenvalue weighted by atomic mass is 35.5. The Morgan fingerprint density at radius 3 is 2.44 bits per heavy atom. The van der Waals surface area contributed by atoms with Crippen LogP contribution in [0.25, 0.3) is 38.8 Å². The van der Waals surface area contributed by atoms with Crippen molar-refractivity contribution in [2.45, 2.75) is 6.92 Å². The van der Waals surface area contributed by atoms with E-state index in [-0.39, 0.29) is 0 Å². The molecule has 0 aliphatic heterocycles. The zero-order chi connectivity index (χ0) is 22.4. The van der Waals surface area contributed by atoms with E-state index in [9.17, 15) is 4.79 Å². The molecule has 2 aromatic carbocycles. The van der Waals surface area contributed by atoms with Crippen LogP contribution in [0.1, 0.15) is 16.2 Å². The van der Waals surface area contributed by atoms with Crippen LogP contribution in [-0.2, 0) is 4.74 Å². The van der Waals surface area contributed by atoms with E-state index in [1.165, 1.54) is 7.11 Å². The lowest BCUT2D eigenvalue weighted by molar-refractivity contribution is 0.0603. The van der Waals surface area contributed by atoms with Crippen molar-refractivity contribution in [3.05, 3.63) is 82.5 Å². The lowest BCUT2D eigenvalue weighted by Gasteiger charge is -2.13. The molecule has 6 nitrogen and oxygen atoms in total. The fourth-order valence-electron chi connectivity index (χ4n) is 3.94. The Bertz CT molecular complexity index is 1510. The lowest BCUT2D eigenvalue weighted by Crippen LogP contribution is -2.03. The van der Waals surface area contributed by atoms with E-state index in [0.29, 0.717) is 37.9 Å². The number of imidazole rings is 1. The second-order valence-corrected chi connectivity index (χ2v) is 8.01. The molecule has 0 unspecified atom stereocenters. The summed E-state index contributed by atoms with van der Waals surface area (Å²) in [6, 6.07) is 12.9. The minimum Gasteiger partial charge on any atom is -0.465 e. The maximum Gasteiger partial charge on any atom is 0.340 e. The van der Waals surface area contributed by atoms with Gasteiger partial charge in [-0.2, -0.15) is 0 Å². The average molecular weight is 463 g/mol. The van der Waals surface area contributed by atoms with Crippen molar-refractivity contribution in [1.82, 2.24) is 19.5 Å². The van der Waals surface area contributed by atoms with Crippen LogP contribution in [0, 0.1) is 6.92 Å². The Balaban J connectivity index is 1.90. The fraction of sp³-hybridized carbons (Fsp3) is 0.0833. The first-order chi connectivity index (χ1) is 15.5. The molecule has 3 heterocycles. The number of rotatable bonds is 3. The summed E-state index contributed by atoms with van der Waals surface area (Å²) in [5.74, 6) is 0.219. The third-order valence-electron chi connectivity index (χ3n) is 5.36. The van der Waals surface area contributed by atoms with Crippen LogP contribution in [0.2, 0.25) is 10.0 Å². The van der Waals surface area contributed by atoms with Gasteiger partial charge in [-0.1, -0.05) is 23.2 Å². The molecule has 8 heteroatoms. The van der Waals surface area contributed by atoms with Crippen LogP contribution in [0.4, 0.5) is 0 Å². The van der Waals surface area contributed by atoms with Gasteiger partial charge in [-0.25, -0.2) is 9.78 Å². The number of esters is 1. The molecule has 0 aliphatic carbocycles. The zero-order valence-electron chi connectivity index (χ0n) is 17.1. The van der Waals surface area contributed by atoms with E-state index in [1.807, 2.05) is 35.8 Å². The van der Waals surface area contributed by atoms with Gasteiger partial charge in [0.1, 0.15) is 11.3 Å². The van der Waals surface area contributed by atoms with Gasteiger partial charge in [-0.05, 0) is 60.5 Å². The summed E-state index contributed by atoms with van der Waals surface area (Å²) in [6.07, 6.45) is 5.09. The van der Waals surface area contributed by atoms with Gasteiger partial charge in [-0.15, -0.1) is 0 Å². The summed E-state index contributed by atoms with van der Waals surface area (Å²) in [7, 11) is 1.36. The highest BCUT2D eigenvalue weighted by Gasteiger charge is 2.21. The Morgan fingerprint density at radius 1 is 0.938 bits per heavy atom. The van der Waals surface area contributed by atoms with Crippen LogP contribution in [0.15, 0.2) is 61.1 Å². The summed E-state index contributed by atoms with van der Waals surface area (Å²) >= 11 is 13.0. The zero-order valence-corrected chi connectivity index (χ0v) is 18.6. The Labute approximate surface area is 193 Å². The third kappa shape index (κ3) is 3.20. The number of carbonyl (C=O) groups excluding carboxylic acids is 1. The maximum absolute atomic E-state index is 12.6. The minimum atomic E-state index is -0.462. The number of ether oxygens (including phenoxy) is 1. The first kappa shape index (κ1) is 20.4. The Morgan fingerprint density at radius 2 is 1.69 bits per heavy atom. The van der Waals surface area contributed by atoms with Crippen molar-refractivity contribution >= 4 is 51.1 Å². The normalized spacial score (nSPS) is 11.2. The standard InChI is InChI=1S/C24H16Cl2N4O2/c1-13-29-22-16(24(31)32-2)11-15(14-5-8-27-9-6-14)12-20(22)30(13)19-7-10-28-23-18(26)4-3-17(25)21(19)23/h3-12H,1-2H3. The second-order valence-electron chi connectivity index (χ2n) is 7.20.